The van der Waals surface area contributed by atoms with Crippen molar-refractivity contribution in [3.63, 3.8) is 0 Å². The van der Waals surface area contributed by atoms with Crippen LogP contribution in [-0.2, 0) is 26.2 Å². The number of aryl methyl sites for hydroxylation is 1. The van der Waals surface area contributed by atoms with Crippen molar-refractivity contribution in [2.75, 3.05) is 26.7 Å². The van der Waals surface area contributed by atoms with Gasteiger partial charge in [0.1, 0.15) is 11.6 Å². The van der Waals surface area contributed by atoms with Crippen molar-refractivity contribution in [3.05, 3.63) is 41.2 Å². The minimum absolute atomic E-state index is 0. The lowest BCUT2D eigenvalue weighted by atomic mass is 9.80. The molecular formula is C29H45ClN6O5S. The number of unbranched alkanes of at least 4 members (excludes halogenated alkanes) is 1. The molecule has 234 valence electrons. The fraction of sp³-hybridized carbons (Fsp3) is 0.621. The van der Waals surface area contributed by atoms with E-state index in [0.29, 0.717) is 39.0 Å². The maximum absolute atomic E-state index is 13.6. The summed E-state index contributed by atoms with van der Waals surface area (Å²) in [6.07, 6.45) is 1.81. The number of carbonyl (C=O) groups excluding carboxylic acids is 2. The van der Waals surface area contributed by atoms with E-state index in [0.717, 1.165) is 35.5 Å². The average Bonchev–Trinajstić information content (AvgIpc) is 3.24. The van der Waals surface area contributed by atoms with Gasteiger partial charge in [0.05, 0.1) is 22.4 Å². The van der Waals surface area contributed by atoms with Crippen LogP contribution in [0.1, 0.15) is 63.4 Å². The molecule has 0 unspecified atom stereocenters. The second-order valence-corrected chi connectivity index (χ2v) is 13.5. The highest BCUT2D eigenvalue weighted by molar-refractivity contribution is 7.89. The van der Waals surface area contributed by atoms with Gasteiger partial charge in [-0.25, -0.2) is 17.8 Å². The van der Waals surface area contributed by atoms with E-state index in [2.05, 4.69) is 21.9 Å². The number of carbonyl (C=O) groups is 2. The molecule has 2 saturated heterocycles. The predicted octanol–water partition coefficient (Wildman–Crippen LogP) is 2.30. The van der Waals surface area contributed by atoms with Gasteiger partial charge in [0, 0.05) is 37.4 Å². The van der Waals surface area contributed by atoms with Crippen LogP contribution < -0.4 is 10.0 Å². The molecule has 2 fully saturated rings. The van der Waals surface area contributed by atoms with Gasteiger partial charge >= 0.3 is 0 Å². The Morgan fingerprint density at radius 3 is 2.31 bits per heavy atom. The molecule has 0 bridgehead atoms. The number of nitrogens with one attached hydrogen (secondary N) is 2. The molecule has 13 heteroatoms. The Labute approximate surface area is 255 Å². The zero-order valence-electron chi connectivity index (χ0n) is 25.4. The van der Waals surface area contributed by atoms with Gasteiger partial charge in [-0.3, -0.25) is 14.5 Å². The minimum Gasteiger partial charge on any atom is -0.390 e. The van der Waals surface area contributed by atoms with E-state index in [4.69, 9.17) is 5.10 Å². The van der Waals surface area contributed by atoms with Crippen molar-refractivity contribution in [3.8, 4) is 5.69 Å². The van der Waals surface area contributed by atoms with Gasteiger partial charge < -0.3 is 15.3 Å². The maximum Gasteiger partial charge on any atom is 0.248 e. The first-order valence-corrected chi connectivity index (χ1v) is 16.0. The quantitative estimate of drug-likeness (QED) is 0.369. The summed E-state index contributed by atoms with van der Waals surface area (Å²) < 4.78 is 28.3. The van der Waals surface area contributed by atoms with Gasteiger partial charge in [0.2, 0.25) is 21.8 Å². The second-order valence-electron chi connectivity index (χ2n) is 11.6. The largest absolute Gasteiger partial charge is 0.390 e. The van der Waals surface area contributed by atoms with E-state index in [1.807, 2.05) is 32.4 Å². The standard InChI is InChI=1S/C29H44N6O5S.ClH/c1-7-8-15-34-27(37)25(26(36)19(2)3)31-28(38)29(34)13-16-33(17-14-29)18-24-20(4)32-35(21(24)5)22-9-11-23(12-10-22)41(39,40)30-6;/h9-12,19,25-26,30,36H,7-8,13-18H2,1-6H3,(H,31,38);1H/t25-,26-;/m1./s1. The van der Waals surface area contributed by atoms with Gasteiger partial charge in [0.25, 0.3) is 0 Å². The van der Waals surface area contributed by atoms with Gasteiger partial charge in [-0.1, -0.05) is 27.2 Å². The number of nitrogens with zero attached hydrogens (tertiary/aromatic N) is 4. The van der Waals surface area contributed by atoms with E-state index in [9.17, 15) is 23.1 Å². The summed E-state index contributed by atoms with van der Waals surface area (Å²) in [6, 6.07) is 5.70. The Balaban J connectivity index is 0.00000484. The number of hydrogen-bond acceptors (Lipinski definition) is 7. The van der Waals surface area contributed by atoms with Crippen LogP contribution in [0.25, 0.3) is 5.69 Å². The third kappa shape index (κ3) is 6.37. The van der Waals surface area contributed by atoms with Crippen molar-refractivity contribution >= 4 is 34.2 Å². The summed E-state index contributed by atoms with van der Waals surface area (Å²) in [6.45, 7) is 12.2. The molecule has 42 heavy (non-hydrogen) atoms. The van der Waals surface area contributed by atoms with Crippen molar-refractivity contribution in [2.45, 2.75) is 89.4 Å². The summed E-state index contributed by atoms with van der Waals surface area (Å²) >= 11 is 0. The molecule has 2 aliphatic rings. The van der Waals surface area contributed by atoms with E-state index in [-0.39, 0.29) is 35.0 Å². The topological polar surface area (TPSA) is 137 Å². The van der Waals surface area contributed by atoms with Gasteiger partial charge in [0.15, 0.2) is 0 Å². The SMILES string of the molecule is CCCCN1C(=O)[C@@H]([C@H](O)C(C)C)NC(=O)C12CCN(Cc1c(C)nn(-c3ccc(S(=O)(=O)NC)cc3)c1C)CC2.Cl. The molecule has 3 heterocycles. The number of piperidine rings is 1. The van der Waals surface area contributed by atoms with Crippen molar-refractivity contribution < 1.29 is 23.1 Å². The third-order valence-electron chi connectivity index (χ3n) is 8.68. The number of hydrogen-bond donors (Lipinski definition) is 3. The van der Waals surface area contributed by atoms with Crippen LogP contribution in [0.3, 0.4) is 0 Å². The smallest absolute Gasteiger partial charge is 0.248 e. The van der Waals surface area contributed by atoms with Gasteiger partial charge in [-0.2, -0.15) is 5.10 Å². The lowest BCUT2D eigenvalue weighted by Crippen LogP contribution is -2.74. The van der Waals surface area contributed by atoms with Crippen LogP contribution in [0.4, 0.5) is 0 Å². The van der Waals surface area contributed by atoms with E-state index < -0.39 is 27.7 Å². The number of aliphatic hydroxyl groups is 1. The number of aliphatic hydroxyl groups excluding tert-OH is 1. The molecule has 0 radical (unpaired) electrons. The fourth-order valence-corrected chi connectivity index (χ4v) is 6.67. The summed E-state index contributed by atoms with van der Waals surface area (Å²) in [4.78, 5) is 31.4. The fourth-order valence-electron chi connectivity index (χ4n) is 5.94. The van der Waals surface area contributed by atoms with E-state index in [1.165, 1.54) is 7.05 Å². The Hall–Kier alpha value is -2.51. The molecule has 1 aromatic heterocycles. The first-order chi connectivity index (χ1) is 19.4. The van der Waals surface area contributed by atoms with E-state index in [1.54, 1.807) is 29.2 Å². The number of halogens is 1. The van der Waals surface area contributed by atoms with E-state index >= 15 is 0 Å². The summed E-state index contributed by atoms with van der Waals surface area (Å²) in [5.41, 5.74) is 2.80. The third-order valence-corrected chi connectivity index (χ3v) is 10.1. The minimum atomic E-state index is -3.52. The van der Waals surface area contributed by atoms with Crippen LogP contribution >= 0.6 is 12.4 Å². The highest BCUT2D eigenvalue weighted by atomic mass is 35.5. The number of aromatic nitrogens is 2. The number of piperazine rings is 1. The zero-order chi connectivity index (χ0) is 30.1. The molecule has 1 spiro atoms. The van der Waals surface area contributed by atoms with Gasteiger partial charge in [-0.15, -0.1) is 12.4 Å². The van der Waals surface area contributed by atoms with Crippen LogP contribution in [0.2, 0.25) is 0 Å². The molecule has 1 aromatic carbocycles. The second kappa shape index (κ2) is 13.4. The molecule has 0 aliphatic carbocycles. The predicted molar refractivity (Wildman–Crippen MR) is 163 cm³/mol. The maximum atomic E-state index is 13.6. The number of amides is 2. The highest BCUT2D eigenvalue weighted by Crippen LogP contribution is 2.35. The Morgan fingerprint density at radius 2 is 1.76 bits per heavy atom. The molecule has 4 rings (SSSR count). The van der Waals surface area contributed by atoms with Gasteiger partial charge in [-0.05, 0) is 70.3 Å². The molecule has 2 atom stereocenters. The summed E-state index contributed by atoms with van der Waals surface area (Å²) in [7, 11) is -2.14. The lowest BCUT2D eigenvalue weighted by Gasteiger charge is -2.52. The highest BCUT2D eigenvalue weighted by Gasteiger charge is 2.54. The first-order valence-electron chi connectivity index (χ1n) is 14.5. The lowest BCUT2D eigenvalue weighted by molar-refractivity contribution is -0.165. The van der Waals surface area contributed by atoms with Crippen LogP contribution in [0.5, 0.6) is 0 Å². The molecule has 0 saturated carbocycles. The van der Waals surface area contributed by atoms with Crippen LogP contribution in [0, 0.1) is 19.8 Å². The summed E-state index contributed by atoms with van der Waals surface area (Å²) in [5.74, 6) is -0.504. The normalized spacial score (nSPS) is 20.1. The Kier molecular flexibility index (Phi) is 10.9. The van der Waals surface area contributed by atoms with Crippen molar-refractivity contribution in [1.29, 1.82) is 0 Å². The van der Waals surface area contributed by atoms with Crippen molar-refractivity contribution in [1.82, 2.24) is 29.6 Å². The van der Waals surface area contributed by atoms with Crippen molar-refractivity contribution in [2.24, 2.45) is 5.92 Å². The molecule has 11 nitrogen and oxygen atoms in total. The number of rotatable bonds is 10. The zero-order valence-corrected chi connectivity index (χ0v) is 27.0. The Bertz CT molecular complexity index is 1370. The average molecular weight is 625 g/mol. The molecule has 2 aromatic rings. The number of benzene rings is 1. The monoisotopic (exact) mass is 624 g/mol. The molecule has 2 aliphatic heterocycles. The molecule has 2 amide bonds. The molecule has 3 N–H and O–H groups in total. The summed E-state index contributed by atoms with van der Waals surface area (Å²) in [5, 5.41) is 18.3. The number of sulfonamides is 1. The first kappa shape index (κ1) is 34.0. The van der Waals surface area contributed by atoms with Crippen LogP contribution in [0.15, 0.2) is 29.2 Å². The number of likely N-dealkylation sites (tertiary alicyclic amines) is 1. The Morgan fingerprint density at radius 1 is 1.14 bits per heavy atom. The van der Waals surface area contributed by atoms with Crippen LogP contribution in [-0.4, -0.2) is 89.3 Å². The molecular weight excluding hydrogens is 580 g/mol.